The van der Waals surface area contributed by atoms with Gasteiger partial charge in [-0.05, 0) is 43.9 Å². The summed E-state index contributed by atoms with van der Waals surface area (Å²) in [6.45, 7) is 8.89. The van der Waals surface area contributed by atoms with E-state index in [1.54, 1.807) is 12.1 Å². The molecule has 1 heterocycles. The normalized spacial score (nSPS) is 11.4. The molecule has 0 atom stereocenters. The number of nitrogens with two attached hydrogens (primary N) is 1. The molecule has 2 rings (SSSR count). The number of primary sulfonamides is 1. The second kappa shape index (κ2) is 9.66. The van der Waals surface area contributed by atoms with Crippen LogP contribution in [0.5, 0.6) is 0 Å². The van der Waals surface area contributed by atoms with Crippen molar-refractivity contribution < 1.29 is 8.42 Å². The van der Waals surface area contributed by atoms with E-state index >= 15 is 0 Å². The lowest BCUT2D eigenvalue weighted by molar-refractivity contribution is 0.598. The third-order valence-electron chi connectivity index (χ3n) is 4.10. The Labute approximate surface area is 162 Å². The highest BCUT2D eigenvalue weighted by atomic mass is 32.2. The highest BCUT2D eigenvalue weighted by Crippen LogP contribution is 2.16. The number of anilines is 2. The summed E-state index contributed by atoms with van der Waals surface area (Å²) < 4.78 is 22.6. The van der Waals surface area contributed by atoms with Gasteiger partial charge in [0.1, 0.15) is 5.82 Å². The summed E-state index contributed by atoms with van der Waals surface area (Å²) in [6.07, 6.45) is 2.87. The van der Waals surface area contributed by atoms with Gasteiger partial charge in [0.15, 0.2) is 0 Å². The molecule has 7 nitrogen and oxygen atoms in total. The van der Waals surface area contributed by atoms with Crippen molar-refractivity contribution in [2.75, 3.05) is 29.9 Å². The van der Waals surface area contributed by atoms with Crippen LogP contribution in [0.2, 0.25) is 0 Å². The molecule has 0 fully saturated rings. The van der Waals surface area contributed by atoms with E-state index in [1.165, 1.54) is 12.1 Å². The first-order chi connectivity index (χ1) is 12.8. The molecule has 3 N–H and O–H groups in total. The van der Waals surface area contributed by atoms with Crippen LogP contribution in [-0.4, -0.2) is 38.0 Å². The molecule has 0 aliphatic heterocycles. The molecule has 0 amide bonds. The van der Waals surface area contributed by atoms with E-state index < -0.39 is 10.0 Å². The lowest BCUT2D eigenvalue weighted by Gasteiger charge is -2.23. The summed E-state index contributed by atoms with van der Waals surface area (Å²) in [5.74, 6) is 1.56. The van der Waals surface area contributed by atoms with Crippen LogP contribution in [0, 0.1) is 6.92 Å². The minimum absolute atomic E-state index is 0.123. The maximum atomic E-state index is 11.3. The lowest BCUT2D eigenvalue weighted by atomic mass is 10.1. The number of hydrogen-bond acceptors (Lipinski definition) is 6. The second-order valence-corrected chi connectivity index (χ2v) is 8.11. The van der Waals surface area contributed by atoms with E-state index in [-0.39, 0.29) is 4.90 Å². The van der Waals surface area contributed by atoms with E-state index in [4.69, 9.17) is 5.14 Å². The zero-order valence-corrected chi connectivity index (χ0v) is 17.1. The maximum absolute atomic E-state index is 11.3. The Balaban J connectivity index is 2.01. The van der Waals surface area contributed by atoms with Gasteiger partial charge in [-0.2, -0.15) is 4.98 Å². The Hall–Kier alpha value is -2.19. The smallest absolute Gasteiger partial charge is 0.238 e. The summed E-state index contributed by atoms with van der Waals surface area (Å²) in [4.78, 5) is 11.5. The van der Waals surface area contributed by atoms with Gasteiger partial charge in [0, 0.05) is 31.4 Å². The molecular formula is C19H29N5O2S. The Kier molecular flexibility index (Phi) is 7.55. The number of sulfonamides is 1. The standard InChI is InChI=1S/C19H29N5O2S/c1-4-12-24(13-5-2)18-14-15(3)22-19(23-18)21-11-10-16-6-8-17(9-7-16)27(20,25)26/h6-9,14H,4-5,10-13H2,1-3H3,(H2,20,25,26)(H,21,22,23). The molecule has 148 valence electrons. The van der Waals surface area contributed by atoms with Crippen molar-refractivity contribution in [3.8, 4) is 0 Å². The number of nitrogens with one attached hydrogen (secondary N) is 1. The van der Waals surface area contributed by atoms with Crippen molar-refractivity contribution in [2.24, 2.45) is 5.14 Å². The summed E-state index contributed by atoms with van der Waals surface area (Å²) >= 11 is 0. The molecule has 0 radical (unpaired) electrons. The Bertz CT molecular complexity index is 832. The van der Waals surface area contributed by atoms with Gasteiger partial charge in [-0.15, -0.1) is 0 Å². The van der Waals surface area contributed by atoms with Crippen LogP contribution in [-0.2, 0) is 16.4 Å². The molecule has 27 heavy (non-hydrogen) atoms. The molecule has 0 unspecified atom stereocenters. The zero-order chi connectivity index (χ0) is 19.9. The summed E-state index contributed by atoms with van der Waals surface area (Å²) in [7, 11) is -3.65. The molecule has 0 bridgehead atoms. The molecule has 0 saturated carbocycles. The first-order valence-corrected chi connectivity index (χ1v) is 10.8. The SMILES string of the molecule is CCCN(CCC)c1cc(C)nc(NCCc2ccc(S(N)(=O)=O)cc2)n1. The average Bonchev–Trinajstić information content (AvgIpc) is 2.61. The number of hydrogen-bond donors (Lipinski definition) is 2. The minimum Gasteiger partial charge on any atom is -0.356 e. The fourth-order valence-electron chi connectivity index (χ4n) is 2.84. The molecule has 1 aromatic carbocycles. The van der Waals surface area contributed by atoms with Crippen molar-refractivity contribution in [2.45, 2.75) is 44.9 Å². The number of aryl methyl sites for hydroxylation is 1. The van der Waals surface area contributed by atoms with Crippen LogP contribution in [0.1, 0.15) is 37.9 Å². The van der Waals surface area contributed by atoms with Crippen molar-refractivity contribution in [3.05, 3.63) is 41.6 Å². The Morgan fingerprint density at radius 1 is 1.07 bits per heavy atom. The van der Waals surface area contributed by atoms with Crippen LogP contribution in [0.15, 0.2) is 35.2 Å². The third-order valence-corrected chi connectivity index (χ3v) is 5.03. The van der Waals surface area contributed by atoms with Crippen LogP contribution in [0.3, 0.4) is 0 Å². The second-order valence-electron chi connectivity index (χ2n) is 6.54. The van der Waals surface area contributed by atoms with Gasteiger partial charge in [-0.25, -0.2) is 18.5 Å². The average molecular weight is 392 g/mol. The van der Waals surface area contributed by atoms with Gasteiger partial charge < -0.3 is 10.2 Å². The highest BCUT2D eigenvalue weighted by Gasteiger charge is 2.10. The van der Waals surface area contributed by atoms with E-state index in [0.717, 1.165) is 49.4 Å². The molecule has 2 aromatic rings. The zero-order valence-electron chi connectivity index (χ0n) is 16.3. The molecule has 0 aliphatic rings. The van der Waals surface area contributed by atoms with Crippen LogP contribution >= 0.6 is 0 Å². The summed E-state index contributed by atoms with van der Waals surface area (Å²) in [6, 6.07) is 8.61. The minimum atomic E-state index is -3.65. The molecule has 8 heteroatoms. The number of aromatic nitrogens is 2. The van der Waals surface area contributed by atoms with Crippen LogP contribution in [0.4, 0.5) is 11.8 Å². The van der Waals surface area contributed by atoms with Gasteiger partial charge in [-0.3, -0.25) is 0 Å². The quantitative estimate of drug-likeness (QED) is 0.646. The van der Waals surface area contributed by atoms with Crippen molar-refractivity contribution in [3.63, 3.8) is 0 Å². The fraction of sp³-hybridized carbons (Fsp3) is 0.474. The predicted molar refractivity (Wildman–Crippen MR) is 110 cm³/mol. The topological polar surface area (TPSA) is 101 Å². The van der Waals surface area contributed by atoms with Crippen LogP contribution < -0.4 is 15.4 Å². The first-order valence-electron chi connectivity index (χ1n) is 9.29. The monoisotopic (exact) mass is 391 g/mol. The summed E-state index contributed by atoms with van der Waals surface area (Å²) in [5, 5.41) is 8.38. The largest absolute Gasteiger partial charge is 0.356 e. The van der Waals surface area contributed by atoms with Crippen molar-refractivity contribution >= 4 is 21.8 Å². The maximum Gasteiger partial charge on any atom is 0.238 e. The molecule has 0 aliphatic carbocycles. The van der Waals surface area contributed by atoms with Gasteiger partial charge in [0.05, 0.1) is 4.90 Å². The fourth-order valence-corrected chi connectivity index (χ4v) is 3.35. The van der Waals surface area contributed by atoms with Crippen molar-refractivity contribution in [1.29, 1.82) is 0 Å². The van der Waals surface area contributed by atoms with Gasteiger partial charge in [0.2, 0.25) is 16.0 Å². The number of rotatable bonds is 10. The highest BCUT2D eigenvalue weighted by molar-refractivity contribution is 7.89. The third kappa shape index (κ3) is 6.48. The molecule has 1 aromatic heterocycles. The first kappa shape index (κ1) is 21.1. The van der Waals surface area contributed by atoms with Gasteiger partial charge >= 0.3 is 0 Å². The molecule has 0 spiro atoms. The van der Waals surface area contributed by atoms with Gasteiger partial charge in [0.25, 0.3) is 0 Å². The van der Waals surface area contributed by atoms with E-state index in [9.17, 15) is 8.42 Å². The van der Waals surface area contributed by atoms with E-state index in [2.05, 4.69) is 34.0 Å². The van der Waals surface area contributed by atoms with Gasteiger partial charge in [-0.1, -0.05) is 26.0 Å². The predicted octanol–water partition coefficient (Wildman–Crippen LogP) is 2.71. The molecule has 0 saturated heterocycles. The Morgan fingerprint density at radius 2 is 1.70 bits per heavy atom. The number of benzene rings is 1. The van der Waals surface area contributed by atoms with E-state index in [1.807, 2.05) is 13.0 Å². The summed E-state index contributed by atoms with van der Waals surface area (Å²) in [5.41, 5.74) is 1.94. The molecular weight excluding hydrogens is 362 g/mol. The van der Waals surface area contributed by atoms with Crippen LogP contribution in [0.25, 0.3) is 0 Å². The lowest BCUT2D eigenvalue weighted by Crippen LogP contribution is -2.26. The Morgan fingerprint density at radius 3 is 2.26 bits per heavy atom. The number of nitrogens with zero attached hydrogens (tertiary/aromatic N) is 3. The van der Waals surface area contributed by atoms with E-state index in [0.29, 0.717) is 12.5 Å². The van der Waals surface area contributed by atoms with Crippen molar-refractivity contribution in [1.82, 2.24) is 9.97 Å².